The van der Waals surface area contributed by atoms with Crippen LogP contribution in [0.4, 0.5) is 23.2 Å². The fourth-order valence-corrected chi connectivity index (χ4v) is 5.92. The van der Waals surface area contributed by atoms with Gasteiger partial charge < -0.3 is 24.8 Å². The van der Waals surface area contributed by atoms with E-state index in [4.69, 9.17) is 4.74 Å². The molecule has 2 aliphatic heterocycles. The topological polar surface area (TPSA) is 139 Å². The van der Waals surface area contributed by atoms with E-state index >= 15 is 0 Å². The third-order valence-corrected chi connectivity index (χ3v) is 8.31. The number of aryl methyl sites for hydroxylation is 2. The van der Waals surface area contributed by atoms with E-state index in [1.165, 1.54) is 42.9 Å². The number of alkyl halides is 3. The highest BCUT2D eigenvalue weighted by molar-refractivity contribution is 7.89. The molecule has 2 atom stereocenters. The molecule has 0 unspecified atom stereocenters. The maximum Gasteiger partial charge on any atom is 0.410 e. The van der Waals surface area contributed by atoms with E-state index in [1.807, 2.05) is 0 Å². The largest absolute Gasteiger partial charge is 0.489 e. The van der Waals surface area contributed by atoms with Crippen molar-refractivity contribution in [3.8, 4) is 5.75 Å². The van der Waals surface area contributed by atoms with Gasteiger partial charge in [-0.3, -0.25) is 14.4 Å². The summed E-state index contributed by atoms with van der Waals surface area (Å²) in [6, 6.07) is 3.00. The van der Waals surface area contributed by atoms with Gasteiger partial charge in [-0.25, -0.2) is 17.5 Å². The van der Waals surface area contributed by atoms with Crippen LogP contribution in [0.2, 0.25) is 0 Å². The van der Waals surface area contributed by atoms with Crippen molar-refractivity contribution in [3.05, 3.63) is 41.5 Å². The third-order valence-electron chi connectivity index (χ3n) is 6.83. The second-order valence-corrected chi connectivity index (χ2v) is 12.0. The molecule has 218 valence electrons. The number of carbonyl (C=O) groups is 3. The first-order valence-electron chi connectivity index (χ1n) is 12.0. The van der Waals surface area contributed by atoms with Crippen molar-refractivity contribution >= 4 is 33.4 Å². The van der Waals surface area contributed by atoms with Crippen LogP contribution < -0.4 is 20.1 Å². The van der Waals surface area contributed by atoms with Gasteiger partial charge in [0.2, 0.25) is 10.0 Å². The van der Waals surface area contributed by atoms with Crippen LogP contribution in [-0.4, -0.2) is 73.1 Å². The highest BCUT2D eigenvalue weighted by Gasteiger charge is 2.50. The Morgan fingerprint density at radius 3 is 2.45 bits per heavy atom. The lowest BCUT2D eigenvalue weighted by molar-refractivity contribution is -0.189. The van der Waals surface area contributed by atoms with Gasteiger partial charge in [-0.1, -0.05) is 0 Å². The number of benzene rings is 1. The average Bonchev–Trinajstić information content (AvgIpc) is 3.37. The zero-order chi connectivity index (χ0) is 29.8. The summed E-state index contributed by atoms with van der Waals surface area (Å²) in [5.74, 6) is -4.88. The van der Waals surface area contributed by atoms with E-state index in [0.29, 0.717) is 13.8 Å². The molecule has 1 aromatic heterocycles. The lowest BCUT2D eigenvalue weighted by Gasteiger charge is -2.29. The number of likely N-dealkylation sites (tertiary alicyclic amines) is 1. The van der Waals surface area contributed by atoms with Crippen LogP contribution in [0.3, 0.4) is 0 Å². The summed E-state index contributed by atoms with van der Waals surface area (Å²) in [6.45, 7) is 2.27. The Bertz CT molecular complexity index is 1490. The number of rotatable bonds is 3. The number of halogens is 4. The lowest BCUT2D eigenvalue weighted by atomic mass is 10.1. The van der Waals surface area contributed by atoms with Crippen LogP contribution in [0.5, 0.6) is 5.75 Å². The van der Waals surface area contributed by atoms with E-state index in [-0.39, 0.29) is 47.3 Å². The molecule has 40 heavy (non-hydrogen) atoms. The van der Waals surface area contributed by atoms with Gasteiger partial charge >= 0.3 is 18.0 Å². The highest BCUT2D eigenvalue weighted by atomic mass is 32.2. The molecule has 16 heteroatoms. The van der Waals surface area contributed by atoms with E-state index < -0.39 is 57.2 Å². The van der Waals surface area contributed by atoms with E-state index in [9.17, 15) is 40.4 Å². The van der Waals surface area contributed by atoms with Crippen LogP contribution in [-0.2, 0) is 26.7 Å². The van der Waals surface area contributed by atoms with Gasteiger partial charge in [0.1, 0.15) is 16.3 Å². The number of ether oxygens (including phenoxy) is 1. The van der Waals surface area contributed by atoms with Crippen LogP contribution in [0.1, 0.15) is 29.9 Å². The van der Waals surface area contributed by atoms with Crippen molar-refractivity contribution in [2.45, 2.75) is 43.4 Å². The Labute approximate surface area is 226 Å². The minimum absolute atomic E-state index is 0.138. The first-order chi connectivity index (χ1) is 18.4. The molecule has 0 saturated carbocycles. The molecule has 11 nitrogen and oxygen atoms in total. The smallest absolute Gasteiger partial charge is 0.410 e. The molecule has 2 aromatic rings. The zero-order valence-electron chi connectivity index (χ0n) is 21.8. The average molecular weight is 590 g/mol. The minimum Gasteiger partial charge on any atom is -0.489 e. The molecule has 1 saturated heterocycles. The molecule has 1 fully saturated rings. The van der Waals surface area contributed by atoms with Crippen molar-refractivity contribution in [3.63, 3.8) is 0 Å². The molecule has 0 bridgehead atoms. The normalized spacial score (nSPS) is 20.4. The van der Waals surface area contributed by atoms with E-state index in [2.05, 4.69) is 10.0 Å². The van der Waals surface area contributed by atoms with Crippen molar-refractivity contribution < 1.29 is 45.1 Å². The van der Waals surface area contributed by atoms with Gasteiger partial charge in [0, 0.05) is 44.0 Å². The van der Waals surface area contributed by atoms with Gasteiger partial charge in [0.15, 0.2) is 11.4 Å². The number of aromatic nitrogens is 1. The van der Waals surface area contributed by atoms with Gasteiger partial charge in [-0.05, 0) is 44.5 Å². The summed E-state index contributed by atoms with van der Waals surface area (Å²) in [5.41, 5.74) is -2.26. The van der Waals surface area contributed by atoms with Gasteiger partial charge in [0.05, 0.1) is 6.61 Å². The van der Waals surface area contributed by atoms with Crippen molar-refractivity contribution in [2.75, 3.05) is 25.0 Å². The summed E-state index contributed by atoms with van der Waals surface area (Å²) >= 11 is 0. The van der Waals surface area contributed by atoms with Gasteiger partial charge in [0.25, 0.3) is 5.91 Å². The van der Waals surface area contributed by atoms with Crippen LogP contribution in [0, 0.1) is 18.7 Å². The fraction of sp³-hybridized carbons (Fsp3) is 0.458. The Morgan fingerprint density at radius 2 is 1.82 bits per heavy atom. The summed E-state index contributed by atoms with van der Waals surface area (Å²) in [5, 5.41) is 4.24. The number of hydrogen-bond donors (Lipinski definition) is 3. The van der Waals surface area contributed by atoms with Crippen molar-refractivity contribution in [1.82, 2.24) is 19.5 Å². The molecule has 0 radical (unpaired) electrons. The van der Waals surface area contributed by atoms with Crippen LogP contribution >= 0.6 is 0 Å². The number of carbonyl (C=O) groups excluding carboxylic acids is 3. The quantitative estimate of drug-likeness (QED) is 0.368. The standard InChI is InChI=1S/C24H27F4N5O6S/c1-12-7-14(5-6-15(12)25)29-20(34)18-19-17(10-32(18)4)40(37,38)31-16-9-33(8-13(16)11-39-19)22(36)21(35)30-23(2,3)24(26,27)28/h5-7,10,13,16,31H,8-9,11H2,1-4H3,(H,29,34)(H,30,35)/t13-,16-/m0/s1. The zero-order valence-corrected chi connectivity index (χ0v) is 22.7. The first kappa shape index (κ1) is 29.3. The number of nitrogens with one attached hydrogen (secondary N) is 3. The van der Waals surface area contributed by atoms with Crippen LogP contribution in [0.15, 0.2) is 29.3 Å². The molecular weight excluding hydrogens is 562 g/mol. The summed E-state index contributed by atoms with van der Waals surface area (Å²) in [6.07, 6.45) is -3.64. The molecule has 0 spiro atoms. The van der Waals surface area contributed by atoms with E-state index in [1.54, 1.807) is 5.32 Å². The maximum atomic E-state index is 13.6. The molecule has 2 aliphatic rings. The van der Waals surface area contributed by atoms with Crippen molar-refractivity contribution in [2.24, 2.45) is 13.0 Å². The molecule has 3 N–H and O–H groups in total. The van der Waals surface area contributed by atoms with Gasteiger partial charge in [-0.2, -0.15) is 13.2 Å². The second-order valence-electron chi connectivity index (χ2n) is 10.3. The summed E-state index contributed by atoms with van der Waals surface area (Å²) in [7, 11) is -2.87. The Morgan fingerprint density at radius 1 is 1.15 bits per heavy atom. The highest BCUT2D eigenvalue weighted by Crippen LogP contribution is 2.35. The number of hydrogen-bond acceptors (Lipinski definition) is 6. The summed E-state index contributed by atoms with van der Waals surface area (Å²) in [4.78, 5) is 38.7. The number of amides is 3. The lowest BCUT2D eigenvalue weighted by Crippen LogP contribution is -2.57. The molecular formula is C24H27F4N5O6S. The second kappa shape index (κ2) is 10.1. The van der Waals surface area contributed by atoms with E-state index in [0.717, 1.165) is 4.90 Å². The predicted octanol–water partition coefficient (Wildman–Crippen LogP) is 1.68. The van der Waals surface area contributed by atoms with Gasteiger partial charge in [-0.15, -0.1) is 0 Å². The molecule has 0 aliphatic carbocycles. The maximum absolute atomic E-state index is 13.6. The molecule has 4 rings (SSSR count). The Balaban J connectivity index is 1.54. The number of sulfonamides is 1. The minimum atomic E-state index is -4.81. The molecule has 3 heterocycles. The first-order valence-corrected chi connectivity index (χ1v) is 13.5. The number of fused-ring (bicyclic) bond motifs is 2. The monoisotopic (exact) mass is 589 g/mol. The number of nitrogens with zero attached hydrogens (tertiary/aromatic N) is 2. The predicted molar refractivity (Wildman–Crippen MR) is 132 cm³/mol. The molecule has 3 amide bonds. The third kappa shape index (κ3) is 5.50. The SMILES string of the molecule is Cc1cc(NC(=O)c2c3c(cn2C)S(=O)(=O)N[C@H]2CN(C(=O)C(=O)NC(C)(C)C(F)(F)F)C[C@H]2CO3)ccc1F. The number of anilines is 1. The molecule has 1 aromatic carbocycles. The Hall–Kier alpha value is -3.66. The van der Waals surface area contributed by atoms with Crippen molar-refractivity contribution in [1.29, 1.82) is 0 Å². The fourth-order valence-electron chi connectivity index (χ4n) is 4.43. The van der Waals surface area contributed by atoms with Crippen LogP contribution in [0.25, 0.3) is 0 Å². The Kier molecular flexibility index (Phi) is 7.38. The summed E-state index contributed by atoms with van der Waals surface area (Å²) < 4.78 is 89.0.